The molecule has 0 aliphatic heterocycles. The molecule has 5 atom stereocenters. The van der Waals surface area contributed by atoms with Crippen LogP contribution in [0.15, 0.2) is 42.5 Å². The van der Waals surface area contributed by atoms with Crippen molar-refractivity contribution in [1.29, 1.82) is 0 Å². The monoisotopic (exact) mass is 729 g/mol. The normalized spacial score (nSPS) is 18.4. The number of H-pyrrole nitrogens is 1. The van der Waals surface area contributed by atoms with E-state index in [-0.39, 0.29) is 73.8 Å². The second-order valence-electron chi connectivity index (χ2n) is 14.6. The Morgan fingerprint density at radius 3 is 2.27 bits per heavy atom. The molecule has 2 N–H and O–H groups in total. The molecule has 8 nitrogen and oxygen atoms in total. The molecule has 1 amide bonds. The number of carbonyl (C=O) groups is 4. The lowest BCUT2D eigenvalue weighted by Gasteiger charge is -2.39. The van der Waals surface area contributed by atoms with Crippen LogP contribution in [0.4, 0.5) is 17.6 Å². The summed E-state index contributed by atoms with van der Waals surface area (Å²) in [6.45, 7) is 8.08. The Bertz CT molecular complexity index is 1750. The van der Waals surface area contributed by atoms with Gasteiger partial charge in [0.2, 0.25) is 5.91 Å². The average Bonchev–Trinajstić information content (AvgIpc) is 3.46. The van der Waals surface area contributed by atoms with Crippen molar-refractivity contribution in [3.63, 3.8) is 0 Å². The van der Waals surface area contributed by atoms with Gasteiger partial charge >= 0.3 is 12.1 Å². The number of aryl methyl sites for hydroxylation is 1. The zero-order chi connectivity index (χ0) is 38.4. The summed E-state index contributed by atoms with van der Waals surface area (Å²) >= 11 is 0. The quantitative estimate of drug-likeness (QED) is 0.112. The highest BCUT2D eigenvalue weighted by molar-refractivity contribution is 5.98. The first-order valence-corrected chi connectivity index (χ1v) is 18.1. The first-order valence-electron chi connectivity index (χ1n) is 18.1. The van der Waals surface area contributed by atoms with E-state index in [2.05, 4.69) is 10.3 Å². The summed E-state index contributed by atoms with van der Waals surface area (Å²) in [6, 6.07) is 9.82. The average molecular weight is 730 g/mol. The fourth-order valence-electron chi connectivity index (χ4n) is 7.09. The number of fused-ring (bicyclic) bond motifs is 3. The maximum atomic E-state index is 14.7. The van der Waals surface area contributed by atoms with E-state index in [0.29, 0.717) is 36.0 Å². The Morgan fingerprint density at radius 2 is 1.63 bits per heavy atom. The van der Waals surface area contributed by atoms with Crippen LogP contribution in [0.1, 0.15) is 82.2 Å². The summed E-state index contributed by atoms with van der Waals surface area (Å²) in [7, 11) is 3.69. The number of aromatic nitrogens is 1. The Hall–Kier alpha value is -4.06. The van der Waals surface area contributed by atoms with Crippen molar-refractivity contribution in [1.82, 2.24) is 15.2 Å². The van der Waals surface area contributed by atoms with Gasteiger partial charge in [-0.2, -0.15) is 13.2 Å². The first-order chi connectivity index (χ1) is 24.5. The third kappa shape index (κ3) is 9.48. The summed E-state index contributed by atoms with van der Waals surface area (Å²) in [4.78, 5) is 60.6. The molecule has 1 aromatic heterocycles. The number of halogens is 4. The minimum Gasteiger partial charge on any atom is -0.464 e. The van der Waals surface area contributed by atoms with Crippen molar-refractivity contribution in [3.8, 4) is 0 Å². The van der Waals surface area contributed by atoms with E-state index in [1.54, 1.807) is 12.1 Å². The second kappa shape index (κ2) is 17.2. The largest absolute Gasteiger partial charge is 0.464 e. The predicted molar refractivity (Wildman–Crippen MR) is 191 cm³/mol. The summed E-state index contributed by atoms with van der Waals surface area (Å²) in [5, 5.41) is 3.32. The number of Topliss-reactive ketones (excluding diaryl/α,β-unsaturated/α-hetero) is 2. The molecule has 3 aromatic rings. The summed E-state index contributed by atoms with van der Waals surface area (Å²) in [6.07, 6.45) is -4.03. The molecule has 0 radical (unpaired) electrons. The number of hydrogen-bond acceptors (Lipinski definition) is 6. The topological polar surface area (TPSA) is 109 Å². The SMILES string of the molecule is CCC(C)C(CC(=O)[C@@]1(NC(=O)[C@@H](CC(=O)Cc2ccccc2F)C(C)CC)CCc2[nH]c3c(C(F)(F)F)cccc3c2C1)C(=O)OCCN(C)C. The van der Waals surface area contributed by atoms with Gasteiger partial charge in [-0.15, -0.1) is 0 Å². The standard InChI is InChI=1S/C40H51F4N3O5/c1-7-24(3)29(21-27(48)20-26-12-9-10-15-33(26)41)37(50)46-39(35(49)22-30(25(4)8-2)38(51)52-19-18-47(5)6)17-16-34-31(23-39)28-13-11-14-32(36(28)45-34)40(42,43)44/h9-15,24-25,29-30,45H,7-8,16-23H2,1-6H3,(H,46,50)/t24?,25?,29-,30?,39+/m0/s1. The molecule has 1 heterocycles. The molecule has 12 heteroatoms. The molecular formula is C40H51F4N3O5. The smallest absolute Gasteiger partial charge is 0.418 e. The van der Waals surface area contributed by atoms with Gasteiger partial charge in [-0.05, 0) is 62.0 Å². The lowest BCUT2D eigenvalue weighted by atomic mass is 9.72. The minimum atomic E-state index is -4.62. The van der Waals surface area contributed by atoms with E-state index in [0.717, 1.165) is 6.07 Å². The van der Waals surface area contributed by atoms with E-state index >= 15 is 0 Å². The van der Waals surface area contributed by atoms with Gasteiger partial charge in [-0.3, -0.25) is 19.2 Å². The molecule has 0 fully saturated rings. The number of alkyl halides is 3. The highest BCUT2D eigenvalue weighted by atomic mass is 19.4. The van der Waals surface area contributed by atoms with Crippen LogP contribution in [0.5, 0.6) is 0 Å². The first kappa shape index (κ1) is 40.7. The van der Waals surface area contributed by atoms with Gasteiger partial charge in [0.05, 0.1) is 17.0 Å². The number of nitrogens with one attached hydrogen (secondary N) is 2. The van der Waals surface area contributed by atoms with Gasteiger partial charge < -0.3 is 19.9 Å². The van der Waals surface area contributed by atoms with Crippen LogP contribution in [-0.2, 0) is 49.4 Å². The van der Waals surface area contributed by atoms with Crippen molar-refractivity contribution >= 4 is 34.3 Å². The van der Waals surface area contributed by atoms with E-state index < -0.39 is 52.6 Å². The molecule has 0 spiro atoms. The third-order valence-electron chi connectivity index (χ3n) is 10.8. The number of ketones is 2. The van der Waals surface area contributed by atoms with Gasteiger partial charge in [-0.1, -0.05) is 70.9 Å². The third-order valence-corrected chi connectivity index (χ3v) is 10.8. The van der Waals surface area contributed by atoms with Crippen LogP contribution in [0.25, 0.3) is 10.9 Å². The number of carbonyl (C=O) groups excluding carboxylic acids is 4. The molecule has 0 saturated carbocycles. The minimum absolute atomic E-state index is 0.0675. The van der Waals surface area contributed by atoms with Crippen molar-refractivity contribution in [2.75, 3.05) is 27.2 Å². The van der Waals surface area contributed by atoms with Gasteiger partial charge in [0.15, 0.2) is 5.78 Å². The fourth-order valence-corrected chi connectivity index (χ4v) is 7.09. The van der Waals surface area contributed by atoms with Gasteiger partial charge in [-0.25, -0.2) is 4.39 Å². The summed E-state index contributed by atoms with van der Waals surface area (Å²) in [5.74, 6) is -4.58. The maximum Gasteiger partial charge on any atom is 0.418 e. The summed E-state index contributed by atoms with van der Waals surface area (Å²) in [5.41, 5.74) is -1.25. The van der Waals surface area contributed by atoms with Gasteiger partial charge in [0.25, 0.3) is 0 Å². The second-order valence-corrected chi connectivity index (χ2v) is 14.6. The number of likely N-dealkylation sites (N-methyl/N-ethyl adjacent to an activating group) is 1. The molecule has 0 saturated heterocycles. The van der Waals surface area contributed by atoms with Crippen LogP contribution in [0.3, 0.4) is 0 Å². The Labute approximate surface area is 303 Å². The zero-order valence-corrected chi connectivity index (χ0v) is 30.9. The Morgan fingerprint density at radius 1 is 0.962 bits per heavy atom. The molecule has 52 heavy (non-hydrogen) atoms. The van der Waals surface area contributed by atoms with Crippen molar-refractivity contribution in [2.45, 2.75) is 90.8 Å². The van der Waals surface area contributed by atoms with Gasteiger partial charge in [0, 0.05) is 49.2 Å². The van der Waals surface area contributed by atoms with E-state index in [1.165, 1.54) is 24.3 Å². The van der Waals surface area contributed by atoms with Crippen LogP contribution in [-0.4, -0.2) is 66.1 Å². The van der Waals surface area contributed by atoms with Gasteiger partial charge in [0.1, 0.15) is 23.7 Å². The zero-order valence-electron chi connectivity index (χ0n) is 30.9. The number of ether oxygens (including phenoxy) is 1. The molecule has 0 bridgehead atoms. The molecule has 3 unspecified atom stereocenters. The Balaban J connectivity index is 1.72. The number of nitrogens with zero attached hydrogens (tertiary/aromatic N) is 1. The Kier molecular flexibility index (Phi) is 13.4. The molecule has 2 aromatic carbocycles. The van der Waals surface area contributed by atoms with E-state index in [4.69, 9.17) is 4.74 Å². The van der Waals surface area contributed by atoms with Crippen molar-refractivity contribution in [2.24, 2.45) is 23.7 Å². The van der Waals surface area contributed by atoms with Crippen LogP contribution in [0.2, 0.25) is 0 Å². The number of esters is 1. The number of benzene rings is 2. The van der Waals surface area contributed by atoms with Crippen LogP contribution < -0.4 is 5.32 Å². The van der Waals surface area contributed by atoms with E-state index in [9.17, 15) is 36.7 Å². The molecule has 4 rings (SSSR count). The highest BCUT2D eigenvalue weighted by Crippen LogP contribution is 2.41. The van der Waals surface area contributed by atoms with E-state index in [1.807, 2.05) is 46.7 Å². The molecule has 284 valence electrons. The number of amides is 1. The maximum absolute atomic E-state index is 14.7. The fraction of sp³-hybridized carbons (Fsp3) is 0.550. The number of para-hydroxylation sites is 1. The lowest BCUT2D eigenvalue weighted by molar-refractivity contribution is -0.153. The molecule has 1 aliphatic carbocycles. The number of hydrogen-bond donors (Lipinski definition) is 2. The molecule has 1 aliphatic rings. The van der Waals surface area contributed by atoms with Crippen molar-refractivity contribution in [3.05, 3.63) is 70.7 Å². The highest BCUT2D eigenvalue weighted by Gasteiger charge is 2.47. The summed E-state index contributed by atoms with van der Waals surface area (Å²) < 4.78 is 62.1. The number of rotatable bonds is 17. The lowest BCUT2D eigenvalue weighted by Crippen LogP contribution is -2.60. The predicted octanol–water partition coefficient (Wildman–Crippen LogP) is 7.26. The molecular weight excluding hydrogens is 678 g/mol. The van der Waals surface area contributed by atoms with Crippen molar-refractivity contribution < 1.29 is 41.5 Å². The number of aromatic amines is 1. The van der Waals surface area contributed by atoms with Crippen LogP contribution >= 0.6 is 0 Å². The van der Waals surface area contributed by atoms with Crippen LogP contribution in [0, 0.1) is 29.5 Å².